The first-order valence-corrected chi connectivity index (χ1v) is 6.70. The first-order chi connectivity index (χ1) is 9.04. The van der Waals surface area contributed by atoms with Crippen LogP contribution in [0, 0.1) is 6.92 Å². The van der Waals surface area contributed by atoms with Crippen molar-refractivity contribution in [1.82, 2.24) is 4.90 Å². The number of nitrogens with two attached hydrogens (primary N) is 1. The first kappa shape index (κ1) is 13.9. The third kappa shape index (κ3) is 3.98. The Hall–Kier alpha value is -1.51. The minimum atomic E-state index is 0.776. The lowest BCUT2D eigenvalue weighted by molar-refractivity contribution is 0.319. The Bertz CT molecular complexity index is 549. The molecule has 0 fully saturated rings. The molecule has 0 saturated carbocycles. The van der Waals surface area contributed by atoms with Gasteiger partial charge in [-0.15, -0.1) is 0 Å². The van der Waals surface area contributed by atoms with Crippen LogP contribution in [0.2, 0.25) is 5.02 Å². The van der Waals surface area contributed by atoms with Crippen LogP contribution < -0.4 is 5.73 Å². The molecule has 0 unspecified atom stereocenters. The van der Waals surface area contributed by atoms with Gasteiger partial charge in [-0.05, 0) is 48.9 Å². The second kappa shape index (κ2) is 6.09. The second-order valence-electron chi connectivity index (χ2n) is 4.99. The van der Waals surface area contributed by atoms with Crippen molar-refractivity contribution in [3.05, 3.63) is 64.2 Å². The van der Waals surface area contributed by atoms with E-state index in [1.54, 1.807) is 0 Å². The monoisotopic (exact) mass is 274 g/mol. The molecule has 19 heavy (non-hydrogen) atoms. The van der Waals surface area contributed by atoms with Crippen molar-refractivity contribution >= 4 is 17.3 Å². The lowest BCUT2D eigenvalue weighted by Crippen LogP contribution is -2.17. The highest BCUT2D eigenvalue weighted by Crippen LogP contribution is 2.16. The maximum absolute atomic E-state index is 5.93. The molecular weight excluding hydrogens is 256 g/mol. The fraction of sp³-hybridized carbons (Fsp3) is 0.250. The van der Waals surface area contributed by atoms with E-state index < -0.39 is 0 Å². The van der Waals surface area contributed by atoms with Gasteiger partial charge in [0.2, 0.25) is 0 Å². The van der Waals surface area contributed by atoms with Crippen LogP contribution in [0.1, 0.15) is 16.7 Å². The summed E-state index contributed by atoms with van der Waals surface area (Å²) in [5, 5.41) is 0.776. The molecule has 100 valence electrons. The molecule has 0 aliphatic heterocycles. The van der Waals surface area contributed by atoms with Crippen molar-refractivity contribution < 1.29 is 0 Å². The second-order valence-corrected chi connectivity index (χ2v) is 5.43. The summed E-state index contributed by atoms with van der Waals surface area (Å²) in [5.41, 5.74) is 10.4. The zero-order valence-electron chi connectivity index (χ0n) is 11.4. The van der Waals surface area contributed by atoms with Gasteiger partial charge in [-0.2, -0.15) is 0 Å². The van der Waals surface area contributed by atoms with Crippen LogP contribution in [0.25, 0.3) is 0 Å². The highest BCUT2D eigenvalue weighted by molar-refractivity contribution is 6.30. The number of halogens is 1. The maximum Gasteiger partial charge on any atom is 0.0406 e. The number of anilines is 1. The van der Waals surface area contributed by atoms with Crippen LogP contribution in [0.5, 0.6) is 0 Å². The molecule has 0 aliphatic rings. The van der Waals surface area contributed by atoms with Gasteiger partial charge >= 0.3 is 0 Å². The Labute approximate surface area is 119 Å². The van der Waals surface area contributed by atoms with Crippen LogP contribution >= 0.6 is 11.6 Å². The van der Waals surface area contributed by atoms with E-state index in [1.165, 1.54) is 11.1 Å². The zero-order valence-corrected chi connectivity index (χ0v) is 12.1. The van der Waals surface area contributed by atoms with Gasteiger partial charge in [0.25, 0.3) is 0 Å². The van der Waals surface area contributed by atoms with Crippen molar-refractivity contribution in [3.63, 3.8) is 0 Å². The summed E-state index contributed by atoms with van der Waals surface area (Å²) in [6.07, 6.45) is 0. The topological polar surface area (TPSA) is 29.3 Å². The number of nitrogens with zero attached hydrogens (tertiary/aromatic N) is 1. The maximum atomic E-state index is 5.93. The Morgan fingerprint density at radius 2 is 1.58 bits per heavy atom. The smallest absolute Gasteiger partial charge is 0.0406 e. The number of rotatable bonds is 4. The summed E-state index contributed by atoms with van der Waals surface area (Å²) < 4.78 is 0. The van der Waals surface area contributed by atoms with Crippen LogP contribution in [-0.4, -0.2) is 11.9 Å². The number of aryl methyl sites for hydroxylation is 1. The van der Waals surface area contributed by atoms with Crippen molar-refractivity contribution in [2.75, 3.05) is 12.8 Å². The molecule has 2 rings (SSSR count). The third-order valence-corrected chi connectivity index (χ3v) is 3.41. The summed E-state index contributed by atoms with van der Waals surface area (Å²) in [7, 11) is 2.10. The van der Waals surface area contributed by atoms with E-state index >= 15 is 0 Å². The lowest BCUT2D eigenvalue weighted by atomic mass is 10.1. The predicted octanol–water partition coefficient (Wildman–Crippen LogP) is 3.86. The van der Waals surface area contributed by atoms with Crippen molar-refractivity contribution in [3.8, 4) is 0 Å². The van der Waals surface area contributed by atoms with Gasteiger partial charge in [0, 0.05) is 23.8 Å². The van der Waals surface area contributed by atoms with Gasteiger partial charge in [-0.3, -0.25) is 4.90 Å². The molecule has 2 nitrogen and oxygen atoms in total. The number of nitrogen functional groups attached to an aromatic ring is 1. The molecular formula is C16H19ClN2. The van der Waals surface area contributed by atoms with Crippen LogP contribution in [0.15, 0.2) is 42.5 Å². The van der Waals surface area contributed by atoms with E-state index in [4.69, 9.17) is 17.3 Å². The molecule has 2 N–H and O–H groups in total. The average molecular weight is 275 g/mol. The number of benzene rings is 2. The fourth-order valence-corrected chi connectivity index (χ4v) is 2.18. The molecule has 0 spiro atoms. The molecule has 0 aromatic heterocycles. The fourth-order valence-electron chi connectivity index (χ4n) is 2.06. The molecule has 0 bridgehead atoms. The summed E-state index contributed by atoms with van der Waals surface area (Å²) >= 11 is 5.88. The molecule has 0 radical (unpaired) electrons. The number of hydrogen-bond acceptors (Lipinski definition) is 2. The first-order valence-electron chi connectivity index (χ1n) is 6.32. The molecule has 2 aromatic carbocycles. The van der Waals surface area contributed by atoms with E-state index in [0.717, 1.165) is 29.4 Å². The van der Waals surface area contributed by atoms with Crippen LogP contribution in [0.3, 0.4) is 0 Å². The molecule has 2 aromatic rings. The zero-order chi connectivity index (χ0) is 13.8. The third-order valence-electron chi connectivity index (χ3n) is 3.16. The Kier molecular flexibility index (Phi) is 4.46. The minimum absolute atomic E-state index is 0.776. The van der Waals surface area contributed by atoms with E-state index in [1.807, 2.05) is 25.1 Å². The Morgan fingerprint density at radius 3 is 2.21 bits per heavy atom. The van der Waals surface area contributed by atoms with E-state index in [0.29, 0.717) is 0 Å². The minimum Gasteiger partial charge on any atom is -0.399 e. The van der Waals surface area contributed by atoms with Crippen molar-refractivity contribution in [2.24, 2.45) is 0 Å². The molecule has 0 heterocycles. The van der Waals surface area contributed by atoms with Crippen molar-refractivity contribution in [1.29, 1.82) is 0 Å². The van der Waals surface area contributed by atoms with E-state index in [9.17, 15) is 0 Å². The highest BCUT2D eigenvalue weighted by atomic mass is 35.5. The number of hydrogen-bond donors (Lipinski definition) is 1. The SMILES string of the molecule is Cc1ccc(CN(C)Cc2ccc(Cl)cc2)cc1N. The van der Waals surface area contributed by atoms with Crippen LogP contribution in [-0.2, 0) is 13.1 Å². The standard InChI is InChI=1S/C16H19ClN2/c1-12-3-4-14(9-16(12)18)11-19(2)10-13-5-7-15(17)8-6-13/h3-9H,10-11,18H2,1-2H3. The Balaban J connectivity index is 1.98. The lowest BCUT2D eigenvalue weighted by Gasteiger charge is -2.17. The van der Waals surface area contributed by atoms with Gasteiger partial charge in [0.15, 0.2) is 0 Å². The van der Waals surface area contributed by atoms with Crippen LogP contribution in [0.4, 0.5) is 5.69 Å². The van der Waals surface area contributed by atoms with Crippen molar-refractivity contribution in [2.45, 2.75) is 20.0 Å². The summed E-state index contributed by atoms with van der Waals surface area (Å²) in [6.45, 7) is 3.80. The summed E-state index contributed by atoms with van der Waals surface area (Å²) in [4.78, 5) is 2.26. The quantitative estimate of drug-likeness (QED) is 0.858. The summed E-state index contributed by atoms with van der Waals surface area (Å²) in [5.74, 6) is 0. The molecule has 3 heteroatoms. The van der Waals surface area contributed by atoms with Gasteiger partial charge in [-0.1, -0.05) is 35.9 Å². The van der Waals surface area contributed by atoms with Gasteiger partial charge in [0.1, 0.15) is 0 Å². The van der Waals surface area contributed by atoms with Gasteiger partial charge in [-0.25, -0.2) is 0 Å². The Morgan fingerprint density at radius 1 is 1.00 bits per heavy atom. The summed E-state index contributed by atoms with van der Waals surface area (Å²) in [6, 6.07) is 14.2. The largest absolute Gasteiger partial charge is 0.399 e. The van der Waals surface area contributed by atoms with E-state index in [2.05, 4.69) is 36.2 Å². The highest BCUT2D eigenvalue weighted by Gasteiger charge is 2.03. The molecule has 0 amide bonds. The molecule has 0 aliphatic carbocycles. The normalized spacial score (nSPS) is 10.9. The van der Waals surface area contributed by atoms with Gasteiger partial charge in [0.05, 0.1) is 0 Å². The van der Waals surface area contributed by atoms with E-state index in [-0.39, 0.29) is 0 Å². The molecule has 0 saturated heterocycles. The average Bonchev–Trinajstić information content (AvgIpc) is 2.37. The van der Waals surface area contributed by atoms with Gasteiger partial charge < -0.3 is 5.73 Å². The molecule has 0 atom stereocenters. The predicted molar refractivity (Wildman–Crippen MR) is 82.2 cm³/mol.